The number of rotatable bonds is 12. The summed E-state index contributed by atoms with van der Waals surface area (Å²) < 4.78 is 69.4. The number of phenolic OH excluding ortho intramolecular Hbond substituents is 1. The minimum atomic E-state index is -4.80. The number of para-hydroxylation sites is 1. The van der Waals surface area contributed by atoms with E-state index in [4.69, 9.17) is 0 Å². The van der Waals surface area contributed by atoms with Gasteiger partial charge in [0.1, 0.15) is 21.2 Å². The van der Waals surface area contributed by atoms with Crippen molar-refractivity contribution in [3.63, 3.8) is 0 Å². The van der Waals surface area contributed by atoms with Gasteiger partial charge in [0, 0.05) is 35.0 Å². The number of fused-ring (bicyclic) bond motifs is 2. The molecule has 0 aliphatic carbocycles. The fourth-order valence-electron chi connectivity index (χ4n) is 7.18. The van der Waals surface area contributed by atoms with Gasteiger partial charge in [-0.25, -0.2) is 0 Å². The number of isocyanates is 1. The molecular formula is C49H38N9O8S2+. The molecule has 19 heteroatoms. The second-order valence-electron chi connectivity index (χ2n) is 15.5. The van der Waals surface area contributed by atoms with E-state index in [1.54, 1.807) is 67.6 Å². The van der Waals surface area contributed by atoms with Crippen molar-refractivity contribution in [1.82, 2.24) is 4.58 Å². The van der Waals surface area contributed by atoms with Crippen molar-refractivity contribution < 1.29 is 35.8 Å². The number of aromatic hydroxyl groups is 1. The standard InChI is InChI=1S/C49H37N9O8S2/c1-29-21-36(14-19-41(29)52-50-35-15-20-42(30(2)22-35)53-57-46-27-40-33(26-48(46)68(64,65)66)9-8-12-47(40)67(61,62)63)51-55-44-23-32(4)45(24-31(44)3)56-54-43-18-13-34-25-38(16-17-39(34)49(43)60)58(28-59)37-10-6-5-7-11-37/h5-27H,1-4H3,(H2-,50,51,56,57,60,61,62,63,64,65,66)/p+1. The third-order valence-corrected chi connectivity index (χ3v) is 12.5. The molecule has 17 nitrogen and oxygen atoms in total. The highest BCUT2D eigenvalue weighted by Gasteiger charge is 2.22. The van der Waals surface area contributed by atoms with E-state index < -0.39 is 30.0 Å². The molecule has 8 aromatic rings. The fourth-order valence-corrected chi connectivity index (χ4v) is 8.53. The Morgan fingerprint density at radius 1 is 0.426 bits per heavy atom. The molecule has 0 aliphatic heterocycles. The van der Waals surface area contributed by atoms with Gasteiger partial charge in [0.15, 0.2) is 5.75 Å². The predicted octanol–water partition coefficient (Wildman–Crippen LogP) is 14.3. The summed E-state index contributed by atoms with van der Waals surface area (Å²) in [6.45, 7) is 7.35. The van der Waals surface area contributed by atoms with Gasteiger partial charge >= 0.3 is 6.08 Å². The first-order chi connectivity index (χ1) is 32.5. The quantitative estimate of drug-likeness (QED) is 0.0348. The first-order valence-corrected chi connectivity index (χ1v) is 23.3. The number of benzene rings is 8. The first kappa shape index (κ1) is 46.2. The van der Waals surface area contributed by atoms with Crippen molar-refractivity contribution >= 4 is 105 Å². The zero-order chi connectivity index (χ0) is 48.3. The van der Waals surface area contributed by atoms with Crippen LogP contribution in [0.15, 0.2) is 190 Å². The molecule has 0 saturated carbocycles. The molecule has 8 aromatic carbocycles. The molecule has 68 heavy (non-hydrogen) atoms. The van der Waals surface area contributed by atoms with Gasteiger partial charge in [-0.15, -0.1) is 10.2 Å². The van der Waals surface area contributed by atoms with Gasteiger partial charge in [-0.05, 0) is 140 Å². The van der Waals surface area contributed by atoms with E-state index in [-0.39, 0.29) is 27.9 Å². The van der Waals surface area contributed by atoms with E-state index >= 15 is 0 Å². The summed E-state index contributed by atoms with van der Waals surface area (Å²) in [5, 5.41) is 47.1. The SMILES string of the molecule is Cc1cc(N=Nc2cc(C)c(N=Nc3ccc4cc([N+](=C=O)c5ccccc5)ccc4c3O)cc2C)ccc1N=Nc1ccc(N=Nc2cc3c(S(=O)(=O)O)cccc3cc2S(=O)(=O)O)c(C)c1. The normalized spacial score (nSPS) is 12.3. The summed E-state index contributed by atoms with van der Waals surface area (Å²) in [5.74, 6) is -0.0447. The van der Waals surface area contributed by atoms with Crippen LogP contribution in [0.25, 0.3) is 21.5 Å². The van der Waals surface area contributed by atoms with Gasteiger partial charge in [-0.2, -0.15) is 52.3 Å². The Kier molecular flexibility index (Phi) is 12.8. The molecule has 0 radical (unpaired) electrons. The predicted molar refractivity (Wildman–Crippen MR) is 258 cm³/mol. The molecule has 0 aliphatic rings. The van der Waals surface area contributed by atoms with Gasteiger partial charge in [-0.1, -0.05) is 41.0 Å². The summed E-state index contributed by atoms with van der Waals surface area (Å²) in [6, 6.07) is 37.9. The number of nitrogens with zero attached hydrogens (tertiary/aromatic N) is 9. The van der Waals surface area contributed by atoms with Gasteiger partial charge < -0.3 is 5.11 Å². The number of aryl methyl sites for hydroxylation is 4. The molecule has 0 saturated heterocycles. The number of hydrogen-bond acceptors (Lipinski definition) is 14. The Labute approximate surface area is 389 Å². The molecule has 338 valence electrons. The zero-order valence-corrected chi connectivity index (χ0v) is 38.1. The number of phenols is 1. The van der Waals surface area contributed by atoms with Crippen LogP contribution in [0.2, 0.25) is 0 Å². The van der Waals surface area contributed by atoms with Gasteiger partial charge in [0.25, 0.3) is 20.2 Å². The number of carbonyl (C=O) groups excluding carboxylic acids is 1. The molecule has 0 bridgehead atoms. The molecule has 0 heterocycles. The number of azo groups is 4. The van der Waals surface area contributed by atoms with Crippen molar-refractivity contribution in [3.8, 4) is 5.75 Å². The van der Waals surface area contributed by atoms with Crippen molar-refractivity contribution in [1.29, 1.82) is 0 Å². The first-order valence-electron chi connectivity index (χ1n) is 20.5. The zero-order valence-electron chi connectivity index (χ0n) is 36.5. The topological polar surface area (TPSA) is 248 Å². The van der Waals surface area contributed by atoms with Crippen LogP contribution >= 0.6 is 0 Å². The summed E-state index contributed by atoms with van der Waals surface area (Å²) in [7, 11) is -9.47. The van der Waals surface area contributed by atoms with E-state index in [0.29, 0.717) is 61.8 Å². The van der Waals surface area contributed by atoms with E-state index in [1.807, 2.05) is 75.4 Å². The van der Waals surface area contributed by atoms with Crippen molar-refractivity contribution in [3.05, 3.63) is 162 Å². The highest BCUT2D eigenvalue weighted by Crippen LogP contribution is 2.40. The largest absolute Gasteiger partial charge is 0.505 e. The average Bonchev–Trinajstić information content (AvgIpc) is 3.30. The lowest BCUT2D eigenvalue weighted by Gasteiger charge is -2.08. The van der Waals surface area contributed by atoms with Gasteiger partial charge in [0.2, 0.25) is 11.4 Å². The van der Waals surface area contributed by atoms with E-state index in [0.717, 1.165) is 34.9 Å². The van der Waals surface area contributed by atoms with Crippen LogP contribution in [0, 0.1) is 27.7 Å². The van der Waals surface area contributed by atoms with Crippen molar-refractivity contribution in [2.75, 3.05) is 0 Å². The maximum Gasteiger partial charge on any atom is 0.437 e. The second-order valence-corrected chi connectivity index (χ2v) is 18.3. The third-order valence-electron chi connectivity index (χ3n) is 10.7. The lowest BCUT2D eigenvalue weighted by molar-refractivity contribution is 0.482. The van der Waals surface area contributed by atoms with Crippen molar-refractivity contribution in [2.45, 2.75) is 37.5 Å². The molecule has 0 amide bonds. The molecule has 0 unspecified atom stereocenters. The van der Waals surface area contributed by atoms with E-state index in [1.165, 1.54) is 16.7 Å². The lowest BCUT2D eigenvalue weighted by atomic mass is 10.1. The van der Waals surface area contributed by atoms with Crippen LogP contribution < -0.4 is 4.58 Å². The van der Waals surface area contributed by atoms with E-state index in [2.05, 4.69) is 40.9 Å². The number of hydrogen-bond donors (Lipinski definition) is 3. The van der Waals surface area contributed by atoms with Crippen LogP contribution in [0.3, 0.4) is 0 Å². The Morgan fingerprint density at radius 3 is 1.53 bits per heavy atom. The summed E-state index contributed by atoms with van der Waals surface area (Å²) in [5.41, 5.74) is 7.36. The molecular weight excluding hydrogens is 907 g/mol. The highest BCUT2D eigenvalue weighted by atomic mass is 32.2. The van der Waals surface area contributed by atoms with Crippen LogP contribution in [-0.2, 0) is 25.0 Å². The van der Waals surface area contributed by atoms with Crippen LogP contribution in [0.1, 0.15) is 22.3 Å². The third kappa shape index (κ3) is 10.1. The lowest BCUT2D eigenvalue weighted by Crippen LogP contribution is -2.01. The monoisotopic (exact) mass is 944 g/mol. The van der Waals surface area contributed by atoms with E-state index in [9.17, 15) is 35.8 Å². The summed E-state index contributed by atoms with van der Waals surface area (Å²) in [4.78, 5) is 10.8. The molecule has 0 fully saturated rings. The van der Waals surface area contributed by atoms with Gasteiger partial charge in [-0.3, -0.25) is 9.11 Å². The van der Waals surface area contributed by atoms with Crippen LogP contribution in [-0.4, -0.2) is 37.1 Å². The fraction of sp³-hybridized carbons (Fsp3) is 0.0816. The van der Waals surface area contributed by atoms with Crippen LogP contribution in [0.5, 0.6) is 5.75 Å². The van der Waals surface area contributed by atoms with Crippen LogP contribution in [0.4, 0.5) is 56.9 Å². The second kappa shape index (κ2) is 18.9. The maximum absolute atomic E-state index is 12.2. The molecule has 0 spiro atoms. The summed E-state index contributed by atoms with van der Waals surface area (Å²) >= 11 is 0. The smallest absolute Gasteiger partial charge is 0.437 e. The molecule has 0 aromatic heterocycles. The minimum absolute atomic E-state index is 0.0152. The minimum Gasteiger partial charge on any atom is -0.505 e. The highest BCUT2D eigenvalue weighted by molar-refractivity contribution is 7.86. The van der Waals surface area contributed by atoms with Crippen molar-refractivity contribution in [2.24, 2.45) is 40.9 Å². The average molecular weight is 945 g/mol. The molecule has 8 rings (SSSR count). The Balaban J connectivity index is 0.940. The van der Waals surface area contributed by atoms with Gasteiger partial charge in [0.05, 0.1) is 34.1 Å². The molecule has 3 N–H and O–H groups in total. The molecule has 0 atom stereocenters. The summed E-state index contributed by atoms with van der Waals surface area (Å²) in [6.07, 6.45) is 1.96. The Bertz CT molecular complexity index is 3760. The Morgan fingerprint density at radius 2 is 0.941 bits per heavy atom. The Hall–Kier alpha value is -8.32. The maximum atomic E-state index is 12.2.